The predicted octanol–water partition coefficient (Wildman–Crippen LogP) is 1.32. The first-order chi connectivity index (χ1) is 18.8. The number of ether oxygens (including phenoxy) is 1. The number of hydrogen-bond acceptors (Lipinski definition) is 7. The van der Waals surface area contributed by atoms with Gasteiger partial charge in [0.1, 0.15) is 18.1 Å². The highest BCUT2D eigenvalue weighted by Gasteiger charge is 2.70. The lowest BCUT2D eigenvalue weighted by molar-refractivity contribution is -0.146. The minimum absolute atomic E-state index is 0.0863. The van der Waals surface area contributed by atoms with Gasteiger partial charge in [-0.2, -0.15) is 0 Å². The number of likely N-dealkylation sites (tertiary alicyclic amines) is 1. The van der Waals surface area contributed by atoms with Crippen LogP contribution in [0, 0.1) is 28.6 Å². The van der Waals surface area contributed by atoms with Crippen LogP contribution in [0.4, 0.5) is 0 Å². The van der Waals surface area contributed by atoms with Crippen LogP contribution < -0.4 is 16.4 Å². The van der Waals surface area contributed by atoms with Gasteiger partial charge in [0.05, 0.1) is 12.5 Å². The first-order valence-corrected chi connectivity index (χ1v) is 13.8. The summed E-state index contributed by atoms with van der Waals surface area (Å²) in [6, 6.07) is -1.05. The van der Waals surface area contributed by atoms with Gasteiger partial charge in [0.2, 0.25) is 23.6 Å². The number of primary amides is 1. The lowest BCUT2D eigenvalue weighted by atomic mass is 9.84. The number of nitrogens with zero attached hydrogens (tertiary/aromatic N) is 3. The number of hydrogen-bond donors (Lipinski definition) is 3. The summed E-state index contributed by atoms with van der Waals surface area (Å²) in [6.45, 7) is 11.1. The molecule has 4 N–H and O–H groups in total. The van der Waals surface area contributed by atoms with Crippen LogP contribution in [-0.4, -0.2) is 70.3 Å². The molecule has 2 aliphatic heterocycles. The summed E-state index contributed by atoms with van der Waals surface area (Å²) < 4.78 is 5.36. The zero-order chi connectivity index (χ0) is 29.0. The molecular weight excluding hydrogens is 512 g/mol. The Labute approximate surface area is 233 Å². The van der Waals surface area contributed by atoms with Gasteiger partial charge in [0.25, 0.3) is 0 Å². The molecule has 2 aromatic heterocycles. The maximum atomic E-state index is 14.1. The Bertz CT molecular complexity index is 1340. The number of nitrogens with two attached hydrogens (primary N) is 1. The molecule has 3 aliphatic rings. The Balaban J connectivity index is 1.42. The third-order valence-electron chi connectivity index (χ3n) is 8.94. The van der Waals surface area contributed by atoms with Crippen LogP contribution in [0.3, 0.4) is 0 Å². The molecule has 0 radical (unpaired) electrons. The number of amides is 4. The van der Waals surface area contributed by atoms with Crippen LogP contribution >= 0.6 is 0 Å². The molecule has 4 heterocycles. The minimum atomic E-state index is -1.16. The molecule has 2 unspecified atom stereocenters. The van der Waals surface area contributed by atoms with Crippen molar-refractivity contribution in [1.29, 1.82) is 0 Å². The summed E-state index contributed by atoms with van der Waals surface area (Å²) in [6.07, 6.45) is 6.97. The van der Waals surface area contributed by atoms with E-state index in [-0.39, 0.29) is 35.0 Å². The second kappa shape index (κ2) is 10.1. The number of rotatable bonds is 7. The highest BCUT2D eigenvalue weighted by molar-refractivity contribution is 5.97. The van der Waals surface area contributed by atoms with E-state index in [0.29, 0.717) is 37.1 Å². The number of fused-ring (bicyclic) bond motifs is 2. The molecule has 5 rings (SSSR count). The molecule has 1 saturated carbocycles. The summed E-state index contributed by atoms with van der Waals surface area (Å²) in [5.41, 5.74) is 5.47. The van der Waals surface area contributed by atoms with Crippen LogP contribution in [-0.2, 0) is 23.9 Å². The van der Waals surface area contributed by atoms with Gasteiger partial charge in [-0.3, -0.25) is 29.1 Å². The van der Waals surface area contributed by atoms with E-state index >= 15 is 0 Å². The van der Waals surface area contributed by atoms with Crippen molar-refractivity contribution in [3.63, 3.8) is 0 Å². The van der Waals surface area contributed by atoms with Crippen LogP contribution in [0.25, 0.3) is 10.8 Å². The fourth-order valence-corrected chi connectivity index (χ4v) is 6.42. The molecule has 0 spiro atoms. The quantitative estimate of drug-likeness (QED) is 0.469. The number of carbonyl (C=O) groups excluding carboxylic acids is 4. The molecule has 2 aromatic rings. The number of piperidine rings is 1. The Morgan fingerprint density at radius 3 is 2.50 bits per heavy atom. The molecule has 11 heteroatoms. The molecule has 6 atom stereocenters. The topological polar surface area (TPSA) is 157 Å². The van der Waals surface area contributed by atoms with Crippen LogP contribution in [0.2, 0.25) is 0 Å². The number of pyridine rings is 2. The third kappa shape index (κ3) is 4.91. The fourth-order valence-electron chi connectivity index (χ4n) is 6.42. The fraction of sp³-hybridized carbons (Fsp3) is 0.586. The normalized spacial score (nSPS) is 26.6. The molecule has 2 saturated heterocycles. The second-order valence-electron chi connectivity index (χ2n) is 12.9. The van der Waals surface area contributed by atoms with Crippen molar-refractivity contribution in [3.8, 4) is 0 Å². The Morgan fingerprint density at radius 2 is 1.85 bits per heavy atom. The van der Waals surface area contributed by atoms with Gasteiger partial charge in [0, 0.05) is 54.3 Å². The van der Waals surface area contributed by atoms with E-state index in [1.807, 2.05) is 20.8 Å². The number of nitrogens with one attached hydrogen (secondary N) is 2. The van der Waals surface area contributed by atoms with Gasteiger partial charge in [-0.25, -0.2) is 0 Å². The Morgan fingerprint density at radius 1 is 1.10 bits per heavy atom. The van der Waals surface area contributed by atoms with E-state index in [4.69, 9.17) is 10.5 Å². The van der Waals surface area contributed by atoms with Crippen molar-refractivity contribution in [1.82, 2.24) is 25.5 Å². The third-order valence-corrected chi connectivity index (χ3v) is 8.94. The van der Waals surface area contributed by atoms with E-state index in [1.54, 1.807) is 29.6 Å². The van der Waals surface area contributed by atoms with Crippen LogP contribution in [0.15, 0.2) is 30.9 Å². The Kier molecular flexibility index (Phi) is 7.06. The average molecular weight is 551 g/mol. The maximum absolute atomic E-state index is 14.1. The molecular formula is C29H38N6O5. The van der Waals surface area contributed by atoms with Crippen molar-refractivity contribution >= 4 is 34.4 Å². The van der Waals surface area contributed by atoms with Crippen molar-refractivity contribution in [2.24, 2.45) is 34.3 Å². The maximum Gasteiger partial charge on any atom is 0.246 e. The summed E-state index contributed by atoms with van der Waals surface area (Å²) >= 11 is 0. The van der Waals surface area contributed by atoms with E-state index in [1.165, 1.54) is 6.20 Å². The number of carbonyl (C=O) groups is 4. The first-order valence-electron chi connectivity index (χ1n) is 13.8. The molecule has 40 heavy (non-hydrogen) atoms. The van der Waals surface area contributed by atoms with Gasteiger partial charge < -0.3 is 26.0 Å². The van der Waals surface area contributed by atoms with Gasteiger partial charge in [-0.05, 0) is 35.2 Å². The van der Waals surface area contributed by atoms with Crippen LogP contribution in [0.1, 0.15) is 52.6 Å². The minimum Gasteiger partial charge on any atom is -0.381 e. The molecule has 0 aromatic carbocycles. The summed E-state index contributed by atoms with van der Waals surface area (Å²) in [4.78, 5) is 63.6. The van der Waals surface area contributed by atoms with E-state index in [0.717, 1.165) is 5.39 Å². The first kappa shape index (κ1) is 27.9. The molecule has 4 amide bonds. The van der Waals surface area contributed by atoms with Crippen molar-refractivity contribution in [2.75, 3.05) is 19.8 Å². The van der Waals surface area contributed by atoms with Gasteiger partial charge in [-0.1, -0.05) is 34.6 Å². The van der Waals surface area contributed by atoms with Crippen molar-refractivity contribution in [3.05, 3.63) is 36.4 Å². The van der Waals surface area contributed by atoms with E-state index in [9.17, 15) is 19.2 Å². The Hall–Kier alpha value is -3.60. The van der Waals surface area contributed by atoms with Crippen molar-refractivity contribution in [2.45, 2.75) is 59.2 Å². The van der Waals surface area contributed by atoms with Gasteiger partial charge in [0.15, 0.2) is 0 Å². The van der Waals surface area contributed by atoms with E-state index in [2.05, 4.69) is 34.4 Å². The molecule has 214 valence electrons. The number of aromatic nitrogens is 2. The second-order valence-corrected chi connectivity index (χ2v) is 12.9. The summed E-state index contributed by atoms with van der Waals surface area (Å²) in [5, 5.41) is 7.20. The smallest absolute Gasteiger partial charge is 0.246 e. The molecule has 0 bridgehead atoms. The predicted molar refractivity (Wildman–Crippen MR) is 146 cm³/mol. The van der Waals surface area contributed by atoms with Crippen molar-refractivity contribution < 1.29 is 23.9 Å². The zero-order valence-electron chi connectivity index (χ0n) is 23.6. The molecule has 1 aliphatic carbocycles. The summed E-state index contributed by atoms with van der Waals surface area (Å²) in [7, 11) is 0. The summed E-state index contributed by atoms with van der Waals surface area (Å²) in [5.74, 6) is -1.99. The standard InChI is InChI=1S/C29H38N6O5/c1-28(2,3)23(34-25(37)16-7-9-40-14-16)27(39)35-13-19-20(29(19,4)5)22(35)26(38)33-21(24(30)36)18-12-32-10-15-6-8-31-11-17(15)18/h6,8,10-12,16,19-23H,7,9,13-14H2,1-5H3,(H2,30,36)(H,33,38)(H,34,37)/t16?,19-,20-,21?,22-,23+/m0/s1. The monoisotopic (exact) mass is 550 g/mol. The van der Waals surface area contributed by atoms with E-state index < -0.39 is 35.4 Å². The van der Waals surface area contributed by atoms with Gasteiger partial charge >= 0.3 is 0 Å². The largest absolute Gasteiger partial charge is 0.381 e. The lowest BCUT2D eigenvalue weighted by Crippen LogP contribution is -2.60. The van der Waals surface area contributed by atoms with Gasteiger partial charge in [-0.15, -0.1) is 0 Å². The lowest BCUT2D eigenvalue weighted by Gasteiger charge is -2.38. The molecule has 11 nitrogen and oxygen atoms in total. The SMILES string of the molecule is CC(C)(C)[C@H](NC(=O)C1CCOC1)C(=O)N1C[C@H]2[C@@H]([C@H]1C(=O)NC(C(N)=O)c1cncc3ccncc13)C2(C)C. The van der Waals surface area contributed by atoms with Crippen LogP contribution in [0.5, 0.6) is 0 Å². The molecule has 3 fully saturated rings. The average Bonchev–Trinajstić information content (AvgIpc) is 3.35. The highest BCUT2D eigenvalue weighted by atomic mass is 16.5. The highest BCUT2D eigenvalue weighted by Crippen LogP contribution is 2.65. The zero-order valence-corrected chi connectivity index (χ0v) is 23.6.